The van der Waals surface area contributed by atoms with Crippen LogP contribution in [-0.2, 0) is 19.6 Å². The lowest BCUT2D eigenvalue weighted by atomic mass is 10.1. The number of hydrogen-bond donors (Lipinski definition) is 0. The molecule has 10 heteroatoms. The van der Waals surface area contributed by atoms with E-state index >= 15 is 0 Å². The van der Waals surface area contributed by atoms with Crippen molar-refractivity contribution < 1.29 is 18.0 Å². The Balaban J connectivity index is 1.61. The van der Waals surface area contributed by atoms with Crippen molar-refractivity contribution in [2.24, 2.45) is 5.92 Å². The van der Waals surface area contributed by atoms with Gasteiger partial charge in [-0.25, -0.2) is 8.42 Å². The zero-order valence-electron chi connectivity index (χ0n) is 15.4. The average molecular weight is 478 g/mol. The molecule has 0 radical (unpaired) electrons. The van der Waals surface area contributed by atoms with Gasteiger partial charge in [-0.3, -0.25) is 19.4 Å². The number of carbonyl (C=O) groups is 2. The lowest BCUT2D eigenvalue weighted by Gasteiger charge is -2.36. The van der Waals surface area contributed by atoms with Crippen molar-refractivity contribution in [3.05, 3.63) is 15.9 Å². The number of imide groups is 1. The van der Waals surface area contributed by atoms with Crippen LogP contribution in [-0.4, -0.2) is 73.1 Å². The molecule has 0 bridgehead atoms. The summed E-state index contributed by atoms with van der Waals surface area (Å²) in [7, 11) is -3.51. The van der Waals surface area contributed by atoms with E-state index in [-0.39, 0.29) is 18.2 Å². The maximum absolute atomic E-state index is 12.7. The van der Waals surface area contributed by atoms with Crippen molar-refractivity contribution in [1.82, 2.24) is 14.1 Å². The highest BCUT2D eigenvalue weighted by molar-refractivity contribution is 9.11. The fourth-order valence-electron chi connectivity index (χ4n) is 3.39. The topological polar surface area (TPSA) is 78.0 Å². The molecule has 1 aromatic rings. The van der Waals surface area contributed by atoms with E-state index in [9.17, 15) is 18.0 Å². The van der Waals surface area contributed by atoms with Gasteiger partial charge in [-0.2, -0.15) is 4.31 Å². The third-order valence-electron chi connectivity index (χ3n) is 5.01. The molecule has 2 amide bonds. The van der Waals surface area contributed by atoms with E-state index in [1.165, 1.54) is 20.5 Å². The van der Waals surface area contributed by atoms with Gasteiger partial charge >= 0.3 is 0 Å². The first-order valence-corrected chi connectivity index (χ1v) is 12.1. The van der Waals surface area contributed by atoms with Crippen molar-refractivity contribution in [3.63, 3.8) is 0 Å². The highest BCUT2D eigenvalue weighted by Gasteiger charge is 2.43. The molecular formula is C17H24BrN3O4S2. The van der Waals surface area contributed by atoms with E-state index in [0.717, 1.165) is 10.2 Å². The minimum Gasteiger partial charge on any atom is -0.289 e. The summed E-state index contributed by atoms with van der Waals surface area (Å²) in [4.78, 5) is 28.2. The number of likely N-dealkylation sites (tertiary alicyclic amines) is 1. The molecule has 150 valence electrons. The predicted molar refractivity (Wildman–Crippen MR) is 107 cm³/mol. The molecule has 2 fully saturated rings. The van der Waals surface area contributed by atoms with Crippen LogP contribution in [0.15, 0.2) is 20.1 Å². The normalized spacial score (nSPS) is 23.0. The van der Waals surface area contributed by atoms with Gasteiger partial charge in [0.05, 0.1) is 16.2 Å². The molecule has 3 heterocycles. The predicted octanol–water partition coefficient (Wildman–Crippen LogP) is 1.99. The third kappa shape index (κ3) is 4.45. The van der Waals surface area contributed by atoms with Gasteiger partial charge in [-0.1, -0.05) is 13.8 Å². The maximum atomic E-state index is 12.7. The minimum absolute atomic E-state index is 0.121. The molecule has 1 atom stereocenters. The number of halogens is 1. The Bertz CT molecular complexity index is 816. The molecule has 0 spiro atoms. The molecule has 2 aliphatic heterocycles. The zero-order valence-corrected chi connectivity index (χ0v) is 18.6. The van der Waals surface area contributed by atoms with Gasteiger partial charge in [-0.05, 0) is 40.4 Å². The van der Waals surface area contributed by atoms with Crippen molar-refractivity contribution in [1.29, 1.82) is 0 Å². The zero-order chi connectivity index (χ0) is 19.8. The van der Waals surface area contributed by atoms with Crippen LogP contribution in [0.4, 0.5) is 0 Å². The van der Waals surface area contributed by atoms with Gasteiger partial charge in [0, 0.05) is 32.7 Å². The summed E-state index contributed by atoms with van der Waals surface area (Å²) in [5, 5.41) is 0. The van der Waals surface area contributed by atoms with Crippen LogP contribution < -0.4 is 0 Å². The monoisotopic (exact) mass is 477 g/mol. The lowest BCUT2D eigenvalue weighted by molar-refractivity contribution is -0.140. The maximum Gasteiger partial charge on any atom is 0.252 e. The van der Waals surface area contributed by atoms with Crippen LogP contribution in [0.3, 0.4) is 0 Å². The minimum atomic E-state index is -3.51. The van der Waals surface area contributed by atoms with E-state index < -0.39 is 16.1 Å². The Hall–Kier alpha value is -0.810. The van der Waals surface area contributed by atoms with Crippen LogP contribution in [0.1, 0.15) is 26.7 Å². The van der Waals surface area contributed by atoms with E-state index in [2.05, 4.69) is 29.8 Å². The van der Waals surface area contributed by atoms with E-state index in [1.807, 2.05) is 4.90 Å². The summed E-state index contributed by atoms with van der Waals surface area (Å²) < 4.78 is 28.0. The summed E-state index contributed by atoms with van der Waals surface area (Å²) in [6.45, 7) is 6.14. The first-order valence-electron chi connectivity index (χ1n) is 9.04. The average Bonchev–Trinajstić information content (AvgIpc) is 3.17. The second kappa shape index (κ2) is 8.28. The fraction of sp³-hybridized carbons (Fsp3) is 0.647. The highest BCUT2D eigenvalue weighted by Crippen LogP contribution is 2.29. The number of carbonyl (C=O) groups excluding carboxylic acids is 2. The molecule has 2 saturated heterocycles. The Morgan fingerprint density at radius 3 is 2.41 bits per heavy atom. The lowest BCUT2D eigenvalue weighted by Crippen LogP contribution is -2.53. The highest BCUT2D eigenvalue weighted by atomic mass is 79.9. The summed E-state index contributed by atoms with van der Waals surface area (Å²) in [5.74, 6) is 0.166. The number of sulfonamides is 1. The molecule has 0 aliphatic carbocycles. The molecule has 0 unspecified atom stereocenters. The number of thiophene rings is 1. The van der Waals surface area contributed by atoms with Gasteiger partial charge in [0.25, 0.3) is 10.0 Å². The number of amides is 2. The SMILES string of the molecule is CC(C)CCN1C(=O)C[C@H](N2CCN(S(=O)(=O)c3ccc(Br)s3)CC2)C1=O. The van der Waals surface area contributed by atoms with E-state index in [0.29, 0.717) is 42.9 Å². The Labute approximate surface area is 172 Å². The van der Waals surface area contributed by atoms with Gasteiger partial charge in [-0.15, -0.1) is 11.3 Å². The summed E-state index contributed by atoms with van der Waals surface area (Å²) >= 11 is 4.49. The van der Waals surface area contributed by atoms with Gasteiger partial charge in [0.2, 0.25) is 11.8 Å². The largest absolute Gasteiger partial charge is 0.289 e. The molecule has 7 nitrogen and oxygen atoms in total. The number of nitrogens with zero attached hydrogens (tertiary/aromatic N) is 3. The van der Waals surface area contributed by atoms with E-state index in [4.69, 9.17) is 0 Å². The van der Waals surface area contributed by atoms with Crippen LogP contribution >= 0.6 is 27.3 Å². The molecule has 1 aromatic heterocycles. The Kier molecular flexibility index (Phi) is 6.41. The standard InChI is InChI=1S/C17H24BrN3O4S2/c1-12(2)5-6-21-15(22)11-13(17(21)23)19-7-9-20(10-8-19)27(24,25)16-4-3-14(18)26-16/h3-4,12-13H,5-11H2,1-2H3/t13-/m0/s1. The smallest absolute Gasteiger partial charge is 0.252 e. The van der Waals surface area contributed by atoms with Crippen LogP contribution in [0, 0.1) is 5.92 Å². The van der Waals surface area contributed by atoms with Gasteiger partial charge in [0.1, 0.15) is 4.21 Å². The molecule has 27 heavy (non-hydrogen) atoms. The van der Waals surface area contributed by atoms with Crippen molar-refractivity contribution in [2.45, 2.75) is 36.9 Å². The quantitative estimate of drug-likeness (QED) is 0.585. The molecule has 2 aliphatic rings. The number of hydrogen-bond acceptors (Lipinski definition) is 6. The van der Waals surface area contributed by atoms with Gasteiger partial charge in [0.15, 0.2) is 0 Å². The van der Waals surface area contributed by atoms with Crippen molar-refractivity contribution in [2.75, 3.05) is 32.7 Å². The van der Waals surface area contributed by atoms with Crippen LogP contribution in [0.25, 0.3) is 0 Å². The molecule has 0 saturated carbocycles. The first kappa shape index (κ1) is 20.9. The summed E-state index contributed by atoms with van der Waals surface area (Å²) in [6.07, 6.45) is 0.994. The molecular weight excluding hydrogens is 454 g/mol. The Morgan fingerprint density at radius 1 is 1.19 bits per heavy atom. The number of piperazine rings is 1. The van der Waals surface area contributed by atoms with Crippen molar-refractivity contribution in [3.8, 4) is 0 Å². The number of rotatable bonds is 6. The summed E-state index contributed by atoms with van der Waals surface area (Å²) in [6, 6.07) is 2.87. The molecule has 0 aromatic carbocycles. The Morgan fingerprint density at radius 2 is 1.85 bits per heavy atom. The molecule has 0 N–H and O–H groups in total. The van der Waals surface area contributed by atoms with Crippen LogP contribution in [0.2, 0.25) is 0 Å². The van der Waals surface area contributed by atoms with Crippen molar-refractivity contribution >= 4 is 49.1 Å². The second-order valence-corrected chi connectivity index (χ2v) is 11.9. The summed E-state index contributed by atoms with van der Waals surface area (Å²) in [5.41, 5.74) is 0. The third-order valence-corrected chi connectivity index (χ3v) is 9.00. The van der Waals surface area contributed by atoms with Gasteiger partial charge < -0.3 is 0 Å². The van der Waals surface area contributed by atoms with E-state index in [1.54, 1.807) is 12.1 Å². The fourth-order valence-corrected chi connectivity index (χ4v) is 6.98. The molecule has 3 rings (SSSR count). The van der Waals surface area contributed by atoms with Crippen LogP contribution in [0.5, 0.6) is 0 Å². The second-order valence-electron chi connectivity index (χ2n) is 7.28. The first-order chi connectivity index (χ1) is 12.7.